The third kappa shape index (κ3) is 4.26. The molecule has 2 atom stereocenters. The van der Waals surface area contributed by atoms with E-state index in [0.29, 0.717) is 6.61 Å². The van der Waals surface area contributed by atoms with Crippen molar-refractivity contribution in [1.29, 1.82) is 0 Å². The van der Waals surface area contributed by atoms with Crippen LogP contribution in [0.4, 0.5) is 0 Å². The number of nitrogens with two attached hydrogens (primary N) is 1. The molecule has 1 heterocycles. The minimum absolute atomic E-state index is 0. The van der Waals surface area contributed by atoms with Gasteiger partial charge in [-0.05, 0) is 12.8 Å². The Morgan fingerprint density at radius 2 is 2.06 bits per heavy atom. The lowest BCUT2D eigenvalue weighted by atomic mass is 10.1. The fraction of sp³-hybridized carbons (Fsp3) is 0.500. The molecule has 5 heteroatoms. The van der Waals surface area contributed by atoms with Crippen molar-refractivity contribution < 1.29 is 14.3 Å². The molecule has 96 valence electrons. The molecule has 1 aliphatic heterocycles. The van der Waals surface area contributed by atoms with E-state index in [9.17, 15) is 0 Å². The second kappa shape index (κ2) is 7.63. The summed E-state index contributed by atoms with van der Waals surface area (Å²) in [7, 11) is 0. The molecule has 0 bridgehead atoms. The standard InChI is InChI=1S/C12H17NO3.ClH/c13-15-9-7-11-6-8-14-12(16-11)10-4-2-1-3-5-10;/h1-5,11-12H,6-9,13H2;1H. The van der Waals surface area contributed by atoms with Crippen LogP contribution in [0.3, 0.4) is 0 Å². The van der Waals surface area contributed by atoms with Gasteiger partial charge in [-0.1, -0.05) is 30.3 Å². The van der Waals surface area contributed by atoms with Gasteiger partial charge in [0.05, 0.1) is 19.3 Å². The van der Waals surface area contributed by atoms with E-state index >= 15 is 0 Å². The average molecular weight is 260 g/mol. The fourth-order valence-corrected chi connectivity index (χ4v) is 1.79. The molecule has 0 saturated carbocycles. The van der Waals surface area contributed by atoms with Gasteiger partial charge in [0.15, 0.2) is 6.29 Å². The highest BCUT2D eigenvalue weighted by molar-refractivity contribution is 5.85. The van der Waals surface area contributed by atoms with Gasteiger partial charge in [-0.15, -0.1) is 12.4 Å². The van der Waals surface area contributed by atoms with E-state index in [1.165, 1.54) is 0 Å². The molecule has 0 aromatic heterocycles. The predicted molar refractivity (Wildman–Crippen MR) is 66.6 cm³/mol. The summed E-state index contributed by atoms with van der Waals surface area (Å²) in [5.74, 6) is 5.00. The lowest BCUT2D eigenvalue weighted by Crippen LogP contribution is -2.28. The summed E-state index contributed by atoms with van der Waals surface area (Å²) < 4.78 is 11.4. The number of rotatable bonds is 4. The molecule has 1 aliphatic rings. The molecule has 1 fully saturated rings. The van der Waals surface area contributed by atoms with Crippen molar-refractivity contribution >= 4 is 12.4 Å². The summed E-state index contributed by atoms with van der Waals surface area (Å²) in [4.78, 5) is 4.56. The number of ether oxygens (including phenoxy) is 2. The molecule has 1 aromatic rings. The third-order valence-electron chi connectivity index (χ3n) is 2.65. The zero-order valence-corrected chi connectivity index (χ0v) is 10.4. The summed E-state index contributed by atoms with van der Waals surface area (Å²) in [6, 6.07) is 9.95. The Hall–Kier alpha value is -0.650. The SMILES string of the molecule is Cl.NOCCC1CCOC(c2ccccc2)O1. The van der Waals surface area contributed by atoms with Crippen molar-refractivity contribution in [3.63, 3.8) is 0 Å². The van der Waals surface area contributed by atoms with Gasteiger partial charge in [-0.25, -0.2) is 5.90 Å². The summed E-state index contributed by atoms with van der Waals surface area (Å²) >= 11 is 0. The molecule has 1 saturated heterocycles. The average Bonchev–Trinajstić information content (AvgIpc) is 2.38. The summed E-state index contributed by atoms with van der Waals surface area (Å²) in [6.45, 7) is 1.24. The molecule has 4 nitrogen and oxygen atoms in total. The van der Waals surface area contributed by atoms with Crippen LogP contribution in [0.25, 0.3) is 0 Å². The smallest absolute Gasteiger partial charge is 0.184 e. The van der Waals surface area contributed by atoms with Crippen LogP contribution >= 0.6 is 12.4 Å². The maximum atomic E-state index is 5.82. The van der Waals surface area contributed by atoms with E-state index < -0.39 is 0 Å². The van der Waals surface area contributed by atoms with Gasteiger partial charge in [0, 0.05) is 5.56 Å². The predicted octanol–water partition coefficient (Wildman–Crippen LogP) is 2.19. The molecule has 17 heavy (non-hydrogen) atoms. The Labute approximate surface area is 107 Å². The molecule has 2 rings (SSSR count). The minimum atomic E-state index is -0.252. The van der Waals surface area contributed by atoms with E-state index in [2.05, 4.69) is 4.84 Å². The number of benzene rings is 1. The van der Waals surface area contributed by atoms with E-state index in [4.69, 9.17) is 15.4 Å². The van der Waals surface area contributed by atoms with Gasteiger partial charge in [-0.3, -0.25) is 0 Å². The van der Waals surface area contributed by atoms with E-state index in [1.807, 2.05) is 30.3 Å². The lowest BCUT2D eigenvalue weighted by molar-refractivity contribution is -0.220. The lowest BCUT2D eigenvalue weighted by Gasteiger charge is -2.30. The van der Waals surface area contributed by atoms with Crippen LogP contribution in [0.15, 0.2) is 30.3 Å². The van der Waals surface area contributed by atoms with Crippen LogP contribution in [-0.4, -0.2) is 19.3 Å². The highest BCUT2D eigenvalue weighted by Gasteiger charge is 2.23. The summed E-state index contributed by atoms with van der Waals surface area (Å²) in [6.07, 6.45) is 1.62. The van der Waals surface area contributed by atoms with Crippen molar-refractivity contribution in [2.24, 2.45) is 5.90 Å². The Balaban J connectivity index is 0.00000144. The third-order valence-corrected chi connectivity index (χ3v) is 2.65. The Morgan fingerprint density at radius 3 is 2.76 bits per heavy atom. The summed E-state index contributed by atoms with van der Waals surface area (Å²) in [5, 5.41) is 0. The Morgan fingerprint density at radius 1 is 1.29 bits per heavy atom. The van der Waals surface area contributed by atoms with Crippen molar-refractivity contribution in [1.82, 2.24) is 0 Å². The topological polar surface area (TPSA) is 53.7 Å². The largest absolute Gasteiger partial charge is 0.348 e. The molecule has 0 amide bonds. The van der Waals surface area contributed by atoms with Crippen LogP contribution in [0.2, 0.25) is 0 Å². The van der Waals surface area contributed by atoms with E-state index in [1.54, 1.807) is 0 Å². The Bertz CT molecular complexity index is 310. The van der Waals surface area contributed by atoms with Crippen LogP contribution in [-0.2, 0) is 14.3 Å². The molecule has 2 N–H and O–H groups in total. The van der Waals surface area contributed by atoms with Gasteiger partial charge in [0.2, 0.25) is 0 Å². The first kappa shape index (κ1) is 14.4. The number of hydrogen-bond donors (Lipinski definition) is 1. The van der Waals surface area contributed by atoms with Gasteiger partial charge < -0.3 is 14.3 Å². The van der Waals surface area contributed by atoms with Crippen molar-refractivity contribution in [2.75, 3.05) is 13.2 Å². The molecular formula is C12H18ClNO3. The van der Waals surface area contributed by atoms with E-state index in [-0.39, 0.29) is 24.8 Å². The van der Waals surface area contributed by atoms with Gasteiger partial charge in [0.1, 0.15) is 0 Å². The zero-order valence-electron chi connectivity index (χ0n) is 9.58. The number of hydrogen-bond acceptors (Lipinski definition) is 4. The maximum Gasteiger partial charge on any atom is 0.184 e. The first-order chi connectivity index (χ1) is 7.90. The van der Waals surface area contributed by atoms with Crippen molar-refractivity contribution in [3.8, 4) is 0 Å². The van der Waals surface area contributed by atoms with Crippen LogP contribution < -0.4 is 5.90 Å². The second-order valence-electron chi connectivity index (χ2n) is 3.82. The van der Waals surface area contributed by atoms with Crippen molar-refractivity contribution in [3.05, 3.63) is 35.9 Å². The van der Waals surface area contributed by atoms with Crippen molar-refractivity contribution in [2.45, 2.75) is 25.2 Å². The van der Waals surface area contributed by atoms with Crippen LogP contribution in [0, 0.1) is 0 Å². The highest BCUT2D eigenvalue weighted by atomic mass is 35.5. The molecule has 1 aromatic carbocycles. The monoisotopic (exact) mass is 259 g/mol. The Kier molecular flexibility index (Phi) is 6.47. The van der Waals surface area contributed by atoms with Gasteiger partial charge >= 0.3 is 0 Å². The quantitative estimate of drug-likeness (QED) is 0.843. The second-order valence-corrected chi connectivity index (χ2v) is 3.82. The van der Waals surface area contributed by atoms with E-state index in [0.717, 1.165) is 25.0 Å². The van der Waals surface area contributed by atoms with Gasteiger partial charge in [-0.2, -0.15) is 0 Å². The first-order valence-corrected chi connectivity index (χ1v) is 5.54. The highest BCUT2D eigenvalue weighted by Crippen LogP contribution is 2.27. The normalized spacial score (nSPS) is 24.1. The van der Waals surface area contributed by atoms with Crippen LogP contribution in [0.1, 0.15) is 24.7 Å². The van der Waals surface area contributed by atoms with Crippen LogP contribution in [0.5, 0.6) is 0 Å². The fourth-order valence-electron chi connectivity index (χ4n) is 1.79. The number of halogens is 1. The van der Waals surface area contributed by atoms with Gasteiger partial charge in [0.25, 0.3) is 0 Å². The maximum absolute atomic E-state index is 5.82. The molecule has 0 radical (unpaired) electrons. The minimum Gasteiger partial charge on any atom is -0.348 e. The molecule has 2 unspecified atom stereocenters. The molecular weight excluding hydrogens is 242 g/mol. The molecule has 0 aliphatic carbocycles. The first-order valence-electron chi connectivity index (χ1n) is 5.54. The summed E-state index contributed by atoms with van der Waals surface area (Å²) in [5.41, 5.74) is 1.06. The zero-order chi connectivity index (χ0) is 11.2. The molecule has 0 spiro atoms.